The SMILES string of the molecule is COCCC(C)Nc1cnn(CC(=O)OC)c(=O)c1Cl. The number of anilines is 1. The second kappa shape index (κ2) is 7.86. The average Bonchev–Trinajstić information content (AvgIpc) is 2.44. The first-order valence-corrected chi connectivity index (χ1v) is 6.45. The molecule has 0 radical (unpaired) electrons. The van der Waals surface area contributed by atoms with E-state index in [1.165, 1.54) is 13.3 Å². The first-order valence-electron chi connectivity index (χ1n) is 6.07. The maximum absolute atomic E-state index is 11.9. The van der Waals surface area contributed by atoms with Crippen molar-refractivity contribution in [2.75, 3.05) is 26.1 Å². The number of nitrogens with zero attached hydrogens (tertiary/aromatic N) is 2. The van der Waals surface area contributed by atoms with Crippen LogP contribution in [0.4, 0.5) is 5.69 Å². The Balaban J connectivity index is 2.83. The van der Waals surface area contributed by atoms with E-state index >= 15 is 0 Å². The standard InChI is InChI=1S/C12H18ClN3O4/c1-8(4-5-19-2)15-9-6-14-16(7-10(17)20-3)12(18)11(9)13/h6,8,15H,4-5,7H2,1-3H3. The molecule has 0 bridgehead atoms. The maximum atomic E-state index is 11.9. The highest BCUT2D eigenvalue weighted by Crippen LogP contribution is 2.17. The van der Waals surface area contributed by atoms with Crippen LogP contribution in [-0.4, -0.2) is 42.6 Å². The number of aromatic nitrogens is 2. The van der Waals surface area contributed by atoms with Gasteiger partial charge in [0, 0.05) is 19.8 Å². The summed E-state index contributed by atoms with van der Waals surface area (Å²) in [6.45, 7) is 2.27. The van der Waals surface area contributed by atoms with E-state index < -0.39 is 11.5 Å². The van der Waals surface area contributed by atoms with Gasteiger partial charge in [-0.2, -0.15) is 5.10 Å². The number of carbonyl (C=O) groups is 1. The van der Waals surface area contributed by atoms with Crippen LogP contribution in [-0.2, 0) is 20.8 Å². The zero-order valence-corrected chi connectivity index (χ0v) is 12.4. The quantitative estimate of drug-likeness (QED) is 0.754. The van der Waals surface area contributed by atoms with Gasteiger partial charge in [0.05, 0.1) is 19.0 Å². The number of hydrogen-bond donors (Lipinski definition) is 1. The molecule has 1 heterocycles. The molecule has 0 aliphatic carbocycles. The monoisotopic (exact) mass is 303 g/mol. The van der Waals surface area contributed by atoms with Gasteiger partial charge in [-0.25, -0.2) is 4.68 Å². The Bertz CT molecular complexity index is 518. The molecule has 1 aromatic heterocycles. The second-order valence-corrected chi connectivity index (χ2v) is 4.62. The number of ether oxygens (including phenoxy) is 2. The summed E-state index contributed by atoms with van der Waals surface area (Å²) in [6.07, 6.45) is 2.17. The summed E-state index contributed by atoms with van der Waals surface area (Å²) in [5.41, 5.74) is -0.109. The number of nitrogens with one attached hydrogen (secondary N) is 1. The fourth-order valence-electron chi connectivity index (χ4n) is 1.50. The highest BCUT2D eigenvalue weighted by molar-refractivity contribution is 6.32. The molecule has 112 valence electrons. The van der Waals surface area contributed by atoms with Crippen molar-refractivity contribution in [1.82, 2.24) is 9.78 Å². The van der Waals surface area contributed by atoms with Gasteiger partial charge in [-0.1, -0.05) is 11.6 Å². The van der Waals surface area contributed by atoms with Crippen molar-refractivity contribution in [1.29, 1.82) is 0 Å². The van der Waals surface area contributed by atoms with E-state index in [1.807, 2.05) is 6.92 Å². The highest BCUT2D eigenvalue weighted by atomic mass is 35.5. The van der Waals surface area contributed by atoms with Crippen LogP contribution in [0.15, 0.2) is 11.0 Å². The molecule has 0 aromatic carbocycles. The Kier molecular flexibility index (Phi) is 6.47. The molecule has 1 unspecified atom stereocenters. The minimum absolute atomic E-state index is 0.00632. The van der Waals surface area contributed by atoms with Crippen molar-refractivity contribution >= 4 is 23.3 Å². The molecule has 0 amide bonds. The first kappa shape index (κ1) is 16.5. The van der Waals surface area contributed by atoms with E-state index in [4.69, 9.17) is 16.3 Å². The number of rotatable bonds is 7. The Morgan fingerprint density at radius 2 is 2.25 bits per heavy atom. The Morgan fingerprint density at radius 1 is 1.55 bits per heavy atom. The second-order valence-electron chi connectivity index (χ2n) is 4.24. The maximum Gasteiger partial charge on any atom is 0.327 e. The topological polar surface area (TPSA) is 82.4 Å². The molecular weight excluding hydrogens is 286 g/mol. The Hall–Kier alpha value is -1.60. The molecular formula is C12H18ClN3O4. The molecule has 0 spiro atoms. The predicted molar refractivity (Wildman–Crippen MR) is 75.1 cm³/mol. The minimum Gasteiger partial charge on any atom is -0.468 e. The van der Waals surface area contributed by atoms with E-state index in [9.17, 15) is 9.59 Å². The van der Waals surface area contributed by atoms with Crippen molar-refractivity contribution in [2.45, 2.75) is 25.9 Å². The van der Waals surface area contributed by atoms with Gasteiger partial charge in [-0.15, -0.1) is 0 Å². The Morgan fingerprint density at radius 3 is 2.85 bits per heavy atom. The number of halogens is 1. The van der Waals surface area contributed by atoms with E-state index in [0.29, 0.717) is 12.3 Å². The Labute approximate surface area is 121 Å². The summed E-state index contributed by atoms with van der Waals surface area (Å²) in [5.74, 6) is -0.565. The lowest BCUT2D eigenvalue weighted by atomic mass is 10.2. The third-order valence-corrected chi connectivity index (χ3v) is 3.01. The van der Waals surface area contributed by atoms with Crippen LogP contribution in [0.2, 0.25) is 5.02 Å². The molecule has 0 saturated carbocycles. The van der Waals surface area contributed by atoms with Crippen LogP contribution in [0.1, 0.15) is 13.3 Å². The summed E-state index contributed by atoms with van der Waals surface area (Å²) < 4.78 is 10.4. The number of methoxy groups -OCH3 is 2. The lowest BCUT2D eigenvalue weighted by Crippen LogP contribution is -2.29. The van der Waals surface area contributed by atoms with Crippen LogP contribution >= 0.6 is 11.6 Å². The summed E-state index contributed by atoms with van der Waals surface area (Å²) in [5, 5.41) is 6.96. The largest absolute Gasteiger partial charge is 0.468 e. The van der Waals surface area contributed by atoms with Crippen LogP contribution in [0, 0.1) is 0 Å². The van der Waals surface area contributed by atoms with Crippen LogP contribution in [0.5, 0.6) is 0 Å². The van der Waals surface area contributed by atoms with Gasteiger partial charge >= 0.3 is 5.97 Å². The number of carbonyl (C=O) groups excluding carboxylic acids is 1. The summed E-state index contributed by atoms with van der Waals surface area (Å²) >= 11 is 5.98. The predicted octanol–water partition coefficient (Wildman–Crippen LogP) is 0.907. The lowest BCUT2D eigenvalue weighted by molar-refractivity contribution is -0.141. The van der Waals surface area contributed by atoms with Crippen LogP contribution in [0.25, 0.3) is 0 Å². The van der Waals surface area contributed by atoms with Crippen LogP contribution in [0.3, 0.4) is 0 Å². The van der Waals surface area contributed by atoms with Crippen molar-refractivity contribution in [3.05, 3.63) is 21.6 Å². The van der Waals surface area contributed by atoms with E-state index in [-0.39, 0.29) is 17.6 Å². The fraction of sp³-hybridized carbons (Fsp3) is 0.583. The van der Waals surface area contributed by atoms with E-state index in [1.54, 1.807) is 7.11 Å². The zero-order chi connectivity index (χ0) is 15.1. The average molecular weight is 304 g/mol. The van der Waals surface area contributed by atoms with Gasteiger partial charge in [0.25, 0.3) is 5.56 Å². The lowest BCUT2D eigenvalue weighted by Gasteiger charge is -2.15. The zero-order valence-electron chi connectivity index (χ0n) is 11.7. The van der Waals surface area contributed by atoms with Crippen molar-refractivity contribution in [3.8, 4) is 0 Å². The highest BCUT2D eigenvalue weighted by Gasteiger charge is 2.13. The molecule has 0 aliphatic heterocycles. The number of esters is 1. The first-order chi connectivity index (χ1) is 9.49. The smallest absolute Gasteiger partial charge is 0.327 e. The number of hydrogen-bond acceptors (Lipinski definition) is 6. The van der Waals surface area contributed by atoms with E-state index in [2.05, 4.69) is 15.2 Å². The van der Waals surface area contributed by atoms with Crippen molar-refractivity contribution in [2.24, 2.45) is 0 Å². The molecule has 1 rings (SSSR count). The summed E-state index contributed by atoms with van der Waals surface area (Å²) in [6, 6.07) is 0.0742. The van der Waals surface area contributed by atoms with E-state index in [0.717, 1.165) is 11.1 Å². The van der Waals surface area contributed by atoms with Gasteiger partial charge in [0.15, 0.2) is 0 Å². The third-order valence-electron chi connectivity index (χ3n) is 2.65. The molecule has 1 N–H and O–H groups in total. The van der Waals surface area contributed by atoms with Crippen molar-refractivity contribution < 1.29 is 14.3 Å². The molecule has 1 aromatic rings. The summed E-state index contributed by atoms with van der Waals surface area (Å²) in [4.78, 5) is 23.1. The minimum atomic E-state index is -0.565. The molecule has 0 fully saturated rings. The molecule has 20 heavy (non-hydrogen) atoms. The third kappa shape index (κ3) is 4.50. The normalized spacial score (nSPS) is 12.0. The molecule has 7 nitrogen and oxygen atoms in total. The molecule has 0 aliphatic rings. The molecule has 8 heteroatoms. The summed E-state index contributed by atoms with van der Waals surface area (Å²) in [7, 11) is 2.86. The van der Waals surface area contributed by atoms with Gasteiger partial charge in [-0.05, 0) is 13.3 Å². The van der Waals surface area contributed by atoms with Gasteiger partial charge < -0.3 is 14.8 Å². The van der Waals surface area contributed by atoms with Gasteiger partial charge in [0.2, 0.25) is 0 Å². The molecule has 0 saturated heterocycles. The van der Waals surface area contributed by atoms with Crippen molar-refractivity contribution in [3.63, 3.8) is 0 Å². The van der Waals surface area contributed by atoms with Crippen LogP contribution < -0.4 is 10.9 Å². The van der Waals surface area contributed by atoms with Gasteiger partial charge in [-0.3, -0.25) is 9.59 Å². The van der Waals surface area contributed by atoms with Gasteiger partial charge in [0.1, 0.15) is 11.6 Å². The molecule has 1 atom stereocenters. The fourth-order valence-corrected chi connectivity index (χ4v) is 1.70.